The van der Waals surface area contributed by atoms with Crippen LogP contribution in [0.2, 0.25) is 15.1 Å². The highest BCUT2D eigenvalue weighted by atomic mass is 35.5. The molecule has 0 spiro atoms. The second kappa shape index (κ2) is 4.69. The molecule has 0 saturated heterocycles. The van der Waals surface area contributed by atoms with Gasteiger partial charge >= 0.3 is 12.1 Å². The van der Waals surface area contributed by atoms with Crippen LogP contribution in [0, 0.1) is 0 Å². The summed E-state index contributed by atoms with van der Waals surface area (Å²) in [7, 11) is 0. The van der Waals surface area contributed by atoms with E-state index in [1.165, 1.54) is 0 Å². The van der Waals surface area contributed by atoms with E-state index in [0.717, 1.165) is 12.1 Å². The van der Waals surface area contributed by atoms with Crippen molar-refractivity contribution in [3.05, 3.63) is 27.2 Å². The average molecular weight is 293 g/mol. The molecule has 88 valence electrons. The Bertz CT molecular complexity index is 431. The van der Waals surface area contributed by atoms with Crippen molar-refractivity contribution in [2.45, 2.75) is 6.18 Å². The molecule has 0 radical (unpaired) electrons. The third-order valence-electron chi connectivity index (χ3n) is 1.43. The smallest absolute Gasteiger partial charge is 0.418 e. The van der Waals surface area contributed by atoms with Crippen molar-refractivity contribution >= 4 is 40.8 Å². The molecular formula is C8H2Cl3F3O2. The van der Waals surface area contributed by atoms with Gasteiger partial charge in [-0.2, -0.15) is 13.2 Å². The molecule has 1 rings (SSSR count). The van der Waals surface area contributed by atoms with Crippen molar-refractivity contribution < 1.29 is 22.7 Å². The Balaban J connectivity index is 3.00. The standard InChI is InChI=1S/C8H2Cl3F3O2/c9-3-1-2-4(6(11)5(3)10)16-7(15)8(12,13)14/h1-2H. The predicted molar refractivity (Wildman–Crippen MR) is 53.2 cm³/mol. The molecule has 0 aliphatic rings. The van der Waals surface area contributed by atoms with Gasteiger partial charge in [-0.1, -0.05) is 34.8 Å². The van der Waals surface area contributed by atoms with Crippen LogP contribution in [-0.2, 0) is 4.79 Å². The monoisotopic (exact) mass is 292 g/mol. The van der Waals surface area contributed by atoms with Crippen LogP contribution in [0.4, 0.5) is 13.2 Å². The minimum atomic E-state index is -5.10. The van der Waals surface area contributed by atoms with Crippen LogP contribution in [0.1, 0.15) is 0 Å². The Hall–Kier alpha value is -0.650. The summed E-state index contributed by atoms with van der Waals surface area (Å²) in [4.78, 5) is 10.5. The molecule has 16 heavy (non-hydrogen) atoms. The lowest BCUT2D eigenvalue weighted by atomic mass is 10.3. The zero-order valence-electron chi connectivity index (χ0n) is 7.24. The van der Waals surface area contributed by atoms with Crippen molar-refractivity contribution in [1.82, 2.24) is 0 Å². The molecule has 0 atom stereocenters. The first-order valence-electron chi connectivity index (χ1n) is 3.66. The molecule has 0 N–H and O–H groups in total. The van der Waals surface area contributed by atoms with E-state index in [9.17, 15) is 18.0 Å². The Morgan fingerprint density at radius 3 is 2.19 bits per heavy atom. The average Bonchev–Trinajstić information content (AvgIpc) is 2.17. The van der Waals surface area contributed by atoms with Crippen LogP contribution in [-0.4, -0.2) is 12.1 Å². The van der Waals surface area contributed by atoms with Crippen LogP contribution in [0.15, 0.2) is 12.1 Å². The predicted octanol–water partition coefficient (Wildman–Crippen LogP) is 4.11. The Kier molecular flexibility index (Phi) is 3.93. The zero-order valence-corrected chi connectivity index (χ0v) is 9.51. The number of rotatable bonds is 1. The van der Waals surface area contributed by atoms with Crippen molar-refractivity contribution in [1.29, 1.82) is 0 Å². The second-order valence-electron chi connectivity index (χ2n) is 2.56. The highest BCUT2D eigenvalue weighted by Gasteiger charge is 2.41. The van der Waals surface area contributed by atoms with Crippen molar-refractivity contribution in [3.63, 3.8) is 0 Å². The van der Waals surface area contributed by atoms with Crippen molar-refractivity contribution in [2.24, 2.45) is 0 Å². The molecule has 0 amide bonds. The number of ether oxygens (including phenoxy) is 1. The first-order valence-corrected chi connectivity index (χ1v) is 4.79. The number of halogens is 6. The third kappa shape index (κ3) is 2.93. The number of alkyl halides is 3. The maximum absolute atomic E-state index is 11.9. The molecule has 0 bridgehead atoms. The molecule has 0 aliphatic carbocycles. The van der Waals surface area contributed by atoms with Gasteiger partial charge in [0.25, 0.3) is 0 Å². The fourth-order valence-corrected chi connectivity index (χ4v) is 1.31. The van der Waals surface area contributed by atoms with Crippen LogP contribution in [0.25, 0.3) is 0 Å². The van der Waals surface area contributed by atoms with Crippen LogP contribution in [0.5, 0.6) is 5.75 Å². The molecule has 0 fully saturated rings. The van der Waals surface area contributed by atoms with E-state index in [4.69, 9.17) is 34.8 Å². The van der Waals surface area contributed by atoms with E-state index in [0.29, 0.717) is 0 Å². The van der Waals surface area contributed by atoms with E-state index in [2.05, 4.69) is 4.74 Å². The largest absolute Gasteiger partial charge is 0.491 e. The first kappa shape index (κ1) is 13.4. The van der Waals surface area contributed by atoms with E-state index in [1.807, 2.05) is 0 Å². The molecule has 8 heteroatoms. The Morgan fingerprint density at radius 1 is 1.12 bits per heavy atom. The van der Waals surface area contributed by atoms with Gasteiger partial charge in [-0.05, 0) is 12.1 Å². The van der Waals surface area contributed by atoms with Gasteiger partial charge in [0.2, 0.25) is 0 Å². The second-order valence-corrected chi connectivity index (χ2v) is 3.72. The molecular weight excluding hydrogens is 291 g/mol. The number of hydrogen-bond donors (Lipinski definition) is 0. The highest BCUT2D eigenvalue weighted by molar-refractivity contribution is 6.48. The minimum Gasteiger partial charge on any atom is -0.418 e. The lowest BCUT2D eigenvalue weighted by molar-refractivity contribution is -0.189. The van der Waals surface area contributed by atoms with Crippen molar-refractivity contribution in [2.75, 3.05) is 0 Å². The summed E-state index contributed by atoms with van der Waals surface area (Å²) < 4.78 is 39.6. The lowest BCUT2D eigenvalue weighted by Gasteiger charge is -2.09. The summed E-state index contributed by atoms with van der Waals surface area (Å²) in [5, 5.41) is -0.499. The van der Waals surface area contributed by atoms with Gasteiger partial charge in [-0.25, -0.2) is 4.79 Å². The topological polar surface area (TPSA) is 26.3 Å². The summed E-state index contributed by atoms with van der Waals surface area (Å²) in [5.41, 5.74) is 0. The van der Waals surface area contributed by atoms with Gasteiger partial charge < -0.3 is 4.74 Å². The molecule has 0 unspecified atom stereocenters. The normalized spacial score (nSPS) is 11.4. The summed E-state index contributed by atoms with van der Waals surface area (Å²) in [6.45, 7) is 0. The Labute approximate surface area is 103 Å². The number of esters is 1. The number of carbonyl (C=O) groups excluding carboxylic acids is 1. The number of hydrogen-bond acceptors (Lipinski definition) is 2. The molecule has 1 aromatic carbocycles. The van der Waals surface area contributed by atoms with Crippen molar-refractivity contribution in [3.8, 4) is 5.75 Å². The number of carbonyl (C=O) groups is 1. The summed E-state index contributed by atoms with van der Waals surface area (Å²) >= 11 is 16.6. The fourth-order valence-electron chi connectivity index (χ4n) is 0.745. The lowest BCUT2D eigenvalue weighted by Crippen LogP contribution is -2.28. The molecule has 0 heterocycles. The summed E-state index contributed by atoms with van der Waals surface area (Å²) in [6, 6.07) is 2.18. The number of benzene rings is 1. The van der Waals surface area contributed by atoms with E-state index in [-0.39, 0.29) is 15.1 Å². The van der Waals surface area contributed by atoms with Gasteiger partial charge in [-0.15, -0.1) is 0 Å². The van der Waals surface area contributed by atoms with Gasteiger partial charge in [0.05, 0.1) is 10.0 Å². The fraction of sp³-hybridized carbons (Fsp3) is 0.125. The van der Waals surface area contributed by atoms with Crippen LogP contribution in [0.3, 0.4) is 0 Å². The maximum Gasteiger partial charge on any atom is 0.491 e. The van der Waals surface area contributed by atoms with E-state index in [1.54, 1.807) is 0 Å². The molecule has 0 aliphatic heterocycles. The van der Waals surface area contributed by atoms with Crippen LogP contribution >= 0.6 is 34.8 Å². The van der Waals surface area contributed by atoms with E-state index < -0.39 is 17.9 Å². The minimum absolute atomic E-state index is 0.0403. The van der Waals surface area contributed by atoms with Gasteiger partial charge in [0.15, 0.2) is 5.75 Å². The Morgan fingerprint density at radius 2 is 1.69 bits per heavy atom. The summed E-state index contributed by atoms with van der Waals surface area (Å²) in [5.74, 6) is -2.88. The third-order valence-corrected chi connectivity index (χ3v) is 2.71. The summed E-state index contributed by atoms with van der Waals surface area (Å²) in [6.07, 6.45) is -5.10. The molecule has 1 aromatic rings. The van der Waals surface area contributed by atoms with Gasteiger partial charge in [0.1, 0.15) is 5.02 Å². The molecule has 0 saturated carbocycles. The van der Waals surface area contributed by atoms with Crippen LogP contribution < -0.4 is 4.74 Å². The van der Waals surface area contributed by atoms with Gasteiger partial charge in [0, 0.05) is 0 Å². The highest BCUT2D eigenvalue weighted by Crippen LogP contribution is 2.37. The SMILES string of the molecule is O=C(Oc1ccc(Cl)c(Cl)c1Cl)C(F)(F)F. The molecule has 2 nitrogen and oxygen atoms in total. The van der Waals surface area contributed by atoms with E-state index >= 15 is 0 Å². The maximum atomic E-state index is 11.9. The van der Waals surface area contributed by atoms with Gasteiger partial charge in [-0.3, -0.25) is 0 Å². The molecule has 0 aromatic heterocycles. The zero-order chi connectivity index (χ0) is 12.5. The first-order chi connectivity index (χ1) is 7.23. The quantitative estimate of drug-likeness (QED) is 0.442.